The van der Waals surface area contributed by atoms with Crippen LogP contribution >= 0.6 is 11.6 Å². The van der Waals surface area contributed by atoms with Gasteiger partial charge in [0.05, 0.1) is 10.7 Å². The molecule has 182 valence electrons. The first-order chi connectivity index (χ1) is 16.3. The minimum absolute atomic E-state index is 0.0101. The number of para-hydroxylation sites is 1. The fourth-order valence-electron chi connectivity index (χ4n) is 2.78. The van der Waals surface area contributed by atoms with Crippen LogP contribution in [-0.2, 0) is 6.18 Å². The Bertz CT molecular complexity index is 1270. The van der Waals surface area contributed by atoms with Crippen molar-refractivity contribution in [2.75, 3.05) is 10.6 Å². The number of alkyl halides is 6. The first-order valence-electron chi connectivity index (χ1n) is 9.69. The molecule has 0 aliphatic rings. The number of rotatable bonds is 6. The van der Waals surface area contributed by atoms with E-state index in [2.05, 4.69) is 15.6 Å². The highest BCUT2D eigenvalue weighted by atomic mass is 35.5. The summed E-state index contributed by atoms with van der Waals surface area (Å²) in [4.78, 5) is 15.8. The van der Waals surface area contributed by atoms with E-state index in [0.29, 0.717) is 6.08 Å². The van der Waals surface area contributed by atoms with E-state index < -0.39 is 29.7 Å². The average Bonchev–Trinajstić information content (AvgIpc) is 2.79. The van der Waals surface area contributed by atoms with Crippen molar-refractivity contribution in [2.45, 2.75) is 12.4 Å². The first-order valence-corrected chi connectivity index (χ1v) is 10.1. The van der Waals surface area contributed by atoms with Crippen LogP contribution in [0.15, 0.2) is 72.8 Å². The van der Waals surface area contributed by atoms with Crippen molar-refractivity contribution in [3.05, 3.63) is 94.6 Å². The molecule has 1 amide bonds. The van der Waals surface area contributed by atoms with Crippen LogP contribution in [0.25, 0.3) is 5.70 Å². The van der Waals surface area contributed by atoms with Crippen LogP contribution in [0.2, 0.25) is 5.02 Å². The van der Waals surface area contributed by atoms with Gasteiger partial charge in [-0.05, 0) is 48.0 Å². The molecule has 1 aromatic heterocycles. The maximum Gasteiger partial charge on any atom is 0.433 e. The van der Waals surface area contributed by atoms with Crippen molar-refractivity contribution in [3.63, 3.8) is 0 Å². The fraction of sp³-hybridized carbons (Fsp3) is 0.0870. The Morgan fingerprint density at radius 2 is 1.49 bits per heavy atom. The Hall–Kier alpha value is -3.86. The number of pyridine rings is 1. The van der Waals surface area contributed by atoms with Gasteiger partial charge in [0.1, 0.15) is 17.2 Å². The molecule has 1 heterocycles. The summed E-state index contributed by atoms with van der Waals surface area (Å²) in [5, 5.41) is 12.5. The number of hydrogen-bond acceptors (Lipinski definition) is 4. The monoisotopic (exact) mass is 512 g/mol. The van der Waals surface area contributed by atoms with Gasteiger partial charge in [-0.15, -0.1) is 0 Å². The average molecular weight is 513 g/mol. The fourth-order valence-corrected chi connectivity index (χ4v) is 2.96. The highest BCUT2D eigenvalue weighted by Crippen LogP contribution is 2.29. The van der Waals surface area contributed by atoms with Gasteiger partial charge >= 0.3 is 12.4 Å². The van der Waals surface area contributed by atoms with Crippen LogP contribution < -0.4 is 10.6 Å². The predicted molar refractivity (Wildman–Crippen MR) is 120 cm³/mol. The van der Waals surface area contributed by atoms with Crippen LogP contribution in [0.4, 0.5) is 37.8 Å². The molecule has 0 aliphatic carbocycles. The van der Waals surface area contributed by atoms with E-state index in [4.69, 9.17) is 17.0 Å². The number of carbonyl (C=O) groups is 1. The molecule has 0 saturated carbocycles. The first kappa shape index (κ1) is 25.8. The van der Waals surface area contributed by atoms with Crippen LogP contribution in [0.3, 0.4) is 0 Å². The van der Waals surface area contributed by atoms with E-state index in [1.165, 1.54) is 42.5 Å². The smallest absolute Gasteiger partial charge is 0.354 e. The van der Waals surface area contributed by atoms with Gasteiger partial charge in [0, 0.05) is 11.3 Å². The molecule has 5 nitrogen and oxygen atoms in total. The molecule has 3 aromatic rings. The summed E-state index contributed by atoms with van der Waals surface area (Å²) < 4.78 is 77.4. The van der Waals surface area contributed by atoms with E-state index in [1.807, 2.05) is 0 Å². The molecule has 3 N–H and O–H groups in total. The SMILES string of the molecule is N=C(/C=C(\Nc1ccccc1Cl)c1ccc(C(=O)Nc2cccc(C(F)(F)F)n2)cc1)C(F)(F)F. The summed E-state index contributed by atoms with van der Waals surface area (Å²) in [5.74, 6) is -1.11. The highest BCUT2D eigenvalue weighted by Gasteiger charge is 2.33. The van der Waals surface area contributed by atoms with E-state index in [-0.39, 0.29) is 33.4 Å². The lowest BCUT2D eigenvalue weighted by molar-refractivity contribution is -0.141. The van der Waals surface area contributed by atoms with Crippen LogP contribution in [0.1, 0.15) is 21.6 Å². The summed E-state index contributed by atoms with van der Waals surface area (Å²) in [6, 6.07) is 14.4. The molecule has 0 saturated heterocycles. The number of anilines is 2. The standard InChI is InChI=1S/C23H15ClF6N4O/c24-15-4-1-2-5-16(15)32-17(12-18(31)22(25,26)27)13-8-10-14(11-9-13)21(35)34-20-7-3-6-19(33-20)23(28,29)30/h1-12,31-32H,(H,33,34,35)/b17-12-,31-18?. The molecular formula is C23H15ClF6N4O. The largest absolute Gasteiger partial charge is 0.433 e. The van der Waals surface area contributed by atoms with Gasteiger partial charge in [-0.3, -0.25) is 10.2 Å². The number of amides is 1. The second kappa shape index (κ2) is 10.2. The minimum Gasteiger partial charge on any atom is -0.354 e. The van der Waals surface area contributed by atoms with Gasteiger partial charge in [0.2, 0.25) is 0 Å². The maximum absolute atomic E-state index is 13.0. The third kappa shape index (κ3) is 6.82. The van der Waals surface area contributed by atoms with Crippen LogP contribution in [0, 0.1) is 5.41 Å². The molecule has 12 heteroatoms. The Balaban J connectivity index is 1.86. The molecule has 2 aromatic carbocycles. The van der Waals surface area contributed by atoms with Gasteiger partial charge in [0.15, 0.2) is 0 Å². The molecule has 0 fully saturated rings. The highest BCUT2D eigenvalue weighted by molar-refractivity contribution is 6.33. The lowest BCUT2D eigenvalue weighted by atomic mass is 10.1. The van der Waals surface area contributed by atoms with Crippen molar-refractivity contribution in [2.24, 2.45) is 0 Å². The quantitative estimate of drug-likeness (QED) is 0.245. The minimum atomic E-state index is -4.90. The maximum atomic E-state index is 13.0. The zero-order valence-corrected chi connectivity index (χ0v) is 18.2. The van der Waals surface area contributed by atoms with Crippen molar-refractivity contribution >= 4 is 40.4 Å². The predicted octanol–water partition coefficient (Wildman–Crippen LogP) is 7.04. The second-order valence-electron chi connectivity index (χ2n) is 7.01. The third-order valence-electron chi connectivity index (χ3n) is 4.48. The summed E-state index contributed by atoms with van der Waals surface area (Å²) in [7, 11) is 0. The molecule has 0 atom stereocenters. The number of allylic oxidation sites excluding steroid dienone is 1. The lowest BCUT2D eigenvalue weighted by Gasteiger charge is -2.15. The summed E-state index contributed by atoms with van der Waals surface area (Å²) in [6.07, 6.45) is -9.01. The molecule has 0 aliphatic heterocycles. The van der Waals surface area contributed by atoms with Gasteiger partial charge in [-0.25, -0.2) is 4.98 Å². The number of halogens is 7. The summed E-state index contributed by atoms with van der Waals surface area (Å²) in [5.41, 5.74) is -2.44. The third-order valence-corrected chi connectivity index (χ3v) is 4.81. The molecule has 0 radical (unpaired) electrons. The molecule has 3 rings (SSSR count). The van der Waals surface area contributed by atoms with Crippen LogP contribution in [-0.4, -0.2) is 22.8 Å². The number of nitrogens with one attached hydrogen (secondary N) is 3. The zero-order chi connectivity index (χ0) is 25.8. The zero-order valence-electron chi connectivity index (χ0n) is 17.4. The molecule has 0 bridgehead atoms. The number of hydrogen-bond donors (Lipinski definition) is 3. The van der Waals surface area contributed by atoms with Gasteiger partial charge in [0.25, 0.3) is 5.91 Å². The van der Waals surface area contributed by atoms with Crippen molar-refractivity contribution in [1.82, 2.24) is 4.98 Å². The normalized spacial score (nSPS) is 12.3. The lowest BCUT2D eigenvalue weighted by Crippen LogP contribution is -2.20. The van der Waals surface area contributed by atoms with Crippen molar-refractivity contribution < 1.29 is 31.1 Å². The molecule has 0 unspecified atom stereocenters. The number of nitrogens with zero attached hydrogens (tertiary/aromatic N) is 1. The van der Waals surface area contributed by atoms with E-state index in [1.54, 1.807) is 12.1 Å². The van der Waals surface area contributed by atoms with Gasteiger partial charge in [-0.1, -0.05) is 41.9 Å². The number of aromatic nitrogens is 1. The summed E-state index contributed by atoms with van der Waals surface area (Å²) >= 11 is 6.07. The van der Waals surface area contributed by atoms with Crippen molar-refractivity contribution in [1.29, 1.82) is 5.41 Å². The van der Waals surface area contributed by atoms with Gasteiger partial charge < -0.3 is 10.6 Å². The van der Waals surface area contributed by atoms with Crippen molar-refractivity contribution in [3.8, 4) is 0 Å². The molecular weight excluding hydrogens is 498 g/mol. The van der Waals surface area contributed by atoms with E-state index in [9.17, 15) is 31.1 Å². The topological polar surface area (TPSA) is 77.9 Å². The summed E-state index contributed by atoms with van der Waals surface area (Å²) in [6.45, 7) is 0. The molecule has 35 heavy (non-hydrogen) atoms. The number of benzene rings is 2. The second-order valence-corrected chi connectivity index (χ2v) is 7.42. The Kier molecular flexibility index (Phi) is 7.49. The Morgan fingerprint density at radius 1 is 0.857 bits per heavy atom. The Morgan fingerprint density at radius 3 is 2.09 bits per heavy atom. The Labute approximate surface area is 200 Å². The number of carbonyl (C=O) groups excluding carboxylic acids is 1. The van der Waals surface area contributed by atoms with Crippen LogP contribution in [0.5, 0.6) is 0 Å². The van der Waals surface area contributed by atoms with E-state index in [0.717, 1.165) is 12.1 Å². The van der Waals surface area contributed by atoms with E-state index >= 15 is 0 Å². The van der Waals surface area contributed by atoms with Gasteiger partial charge in [-0.2, -0.15) is 26.3 Å². The molecule has 0 spiro atoms.